The fourth-order valence-corrected chi connectivity index (χ4v) is 3.64. The van der Waals surface area contributed by atoms with Gasteiger partial charge in [-0.1, -0.05) is 25.0 Å². The number of carbonyl (C=O) groups is 2. The van der Waals surface area contributed by atoms with Gasteiger partial charge in [-0.15, -0.1) is 0 Å². The van der Waals surface area contributed by atoms with E-state index in [1.54, 1.807) is 12.1 Å². The summed E-state index contributed by atoms with van der Waals surface area (Å²) in [4.78, 5) is 28.9. The lowest BCUT2D eigenvalue weighted by molar-refractivity contribution is -0.127. The highest BCUT2D eigenvalue weighted by Crippen LogP contribution is 2.23. The van der Waals surface area contributed by atoms with Crippen molar-refractivity contribution >= 4 is 11.9 Å². The van der Waals surface area contributed by atoms with Gasteiger partial charge >= 0.3 is 6.03 Å². The first-order valence-corrected chi connectivity index (χ1v) is 9.45. The molecule has 0 unspecified atom stereocenters. The number of piperazine rings is 1. The second-order valence-electron chi connectivity index (χ2n) is 6.93. The molecule has 1 aromatic rings. The van der Waals surface area contributed by atoms with E-state index in [2.05, 4.69) is 15.5 Å². The average molecular weight is 362 g/mol. The third-order valence-corrected chi connectivity index (χ3v) is 5.06. The van der Waals surface area contributed by atoms with Gasteiger partial charge in [-0.2, -0.15) is 0 Å². The van der Waals surface area contributed by atoms with Crippen LogP contribution >= 0.6 is 0 Å². The predicted octanol–water partition coefficient (Wildman–Crippen LogP) is 1.88. The molecule has 2 aliphatic rings. The van der Waals surface area contributed by atoms with Gasteiger partial charge < -0.3 is 20.4 Å². The Morgan fingerprint density at radius 3 is 2.50 bits per heavy atom. The van der Waals surface area contributed by atoms with Crippen LogP contribution in [-0.4, -0.2) is 61.0 Å². The van der Waals surface area contributed by atoms with Gasteiger partial charge in [-0.05, 0) is 43.6 Å². The Balaban J connectivity index is 1.58. The molecule has 142 valence electrons. The topological polar surface area (TPSA) is 64.7 Å². The van der Waals surface area contributed by atoms with Crippen LogP contribution in [0.1, 0.15) is 37.3 Å². The quantitative estimate of drug-likeness (QED) is 0.860. The Morgan fingerprint density at radius 2 is 1.81 bits per heavy atom. The van der Waals surface area contributed by atoms with E-state index in [1.807, 2.05) is 0 Å². The highest BCUT2D eigenvalue weighted by atomic mass is 19.1. The molecule has 1 atom stereocenters. The molecule has 2 aliphatic heterocycles. The fraction of sp³-hybridized carbons (Fsp3) is 0.579. The molecular formula is C19H27FN4O2. The molecule has 0 bridgehead atoms. The van der Waals surface area contributed by atoms with Crippen LogP contribution in [0, 0.1) is 5.82 Å². The van der Waals surface area contributed by atoms with E-state index < -0.39 is 6.04 Å². The Labute approximate surface area is 153 Å². The average Bonchev–Trinajstić information content (AvgIpc) is 2.91. The molecule has 7 heteroatoms. The minimum absolute atomic E-state index is 0.231. The number of nitrogens with one attached hydrogen (secondary N) is 2. The molecule has 6 nitrogen and oxygen atoms in total. The SMILES string of the molecule is O=C1NCCN(C(=O)NCCN2CCCCCC2)[C@@H]1c1ccc(F)cc1. The highest BCUT2D eigenvalue weighted by molar-refractivity contribution is 5.89. The van der Waals surface area contributed by atoms with Crippen molar-refractivity contribution in [3.63, 3.8) is 0 Å². The summed E-state index contributed by atoms with van der Waals surface area (Å²) in [5.74, 6) is -0.594. The molecule has 1 aromatic carbocycles. The number of likely N-dealkylation sites (tertiary alicyclic amines) is 1. The van der Waals surface area contributed by atoms with Crippen molar-refractivity contribution in [3.8, 4) is 0 Å². The lowest BCUT2D eigenvalue weighted by Gasteiger charge is -2.35. The maximum absolute atomic E-state index is 13.2. The summed E-state index contributed by atoms with van der Waals surface area (Å²) in [7, 11) is 0. The summed E-state index contributed by atoms with van der Waals surface area (Å²) in [6, 6.07) is 4.77. The van der Waals surface area contributed by atoms with E-state index in [9.17, 15) is 14.0 Å². The minimum Gasteiger partial charge on any atom is -0.352 e. The van der Waals surface area contributed by atoms with Crippen molar-refractivity contribution < 1.29 is 14.0 Å². The highest BCUT2D eigenvalue weighted by Gasteiger charge is 2.34. The maximum atomic E-state index is 13.2. The number of rotatable bonds is 4. The summed E-state index contributed by atoms with van der Waals surface area (Å²) in [6.07, 6.45) is 5.00. The largest absolute Gasteiger partial charge is 0.352 e. The lowest BCUT2D eigenvalue weighted by Crippen LogP contribution is -2.55. The van der Waals surface area contributed by atoms with Crippen molar-refractivity contribution in [2.45, 2.75) is 31.7 Å². The Hall–Kier alpha value is -2.15. The predicted molar refractivity (Wildman–Crippen MR) is 97.2 cm³/mol. The zero-order chi connectivity index (χ0) is 18.4. The zero-order valence-corrected chi connectivity index (χ0v) is 15.0. The summed E-state index contributed by atoms with van der Waals surface area (Å²) in [5.41, 5.74) is 0.617. The number of halogens is 1. The molecule has 3 amide bonds. The first kappa shape index (κ1) is 18.6. The summed E-state index contributed by atoms with van der Waals surface area (Å²) < 4.78 is 13.2. The van der Waals surface area contributed by atoms with Gasteiger partial charge in [0, 0.05) is 26.2 Å². The Kier molecular flexibility index (Phi) is 6.44. The van der Waals surface area contributed by atoms with Crippen LogP contribution in [-0.2, 0) is 4.79 Å². The van der Waals surface area contributed by atoms with Crippen LogP contribution in [0.4, 0.5) is 9.18 Å². The minimum atomic E-state index is -0.720. The molecule has 2 heterocycles. The number of hydrogen-bond donors (Lipinski definition) is 2. The molecular weight excluding hydrogens is 335 g/mol. The van der Waals surface area contributed by atoms with E-state index in [4.69, 9.17) is 0 Å². The van der Waals surface area contributed by atoms with Crippen LogP contribution in [0.2, 0.25) is 0 Å². The molecule has 2 fully saturated rings. The molecule has 26 heavy (non-hydrogen) atoms. The van der Waals surface area contributed by atoms with E-state index in [0.717, 1.165) is 19.6 Å². The first-order chi connectivity index (χ1) is 12.6. The van der Waals surface area contributed by atoms with Gasteiger partial charge in [0.05, 0.1) is 0 Å². The standard InChI is InChI=1S/C19H27FN4O2/c20-16-7-5-15(6-8-16)17-18(25)21-10-14-24(17)19(26)22-9-13-23-11-3-1-2-4-12-23/h5-8,17H,1-4,9-14H2,(H,21,25)(H,22,26)/t17-/m1/s1. The summed E-state index contributed by atoms with van der Waals surface area (Å²) in [5, 5.41) is 5.73. The lowest BCUT2D eigenvalue weighted by atomic mass is 10.0. The van der Waals surface area contributed by atoms with Crippen LogP contribution in [0.3, 0.4) is 0 Å². The monoisotopic (exact) mass is 362 g/mol. The third kappa shape index (κ3) is 4.72. The van der Waals surface area contributed by atoms with Crippen LogP contribution in [0.25, 0.3) is 0 Å². The first-order valence-electron chi connectivity index (χ1n) is 9.45. The third-order valence-electron chi connectivity index (χ3n) is 5.06. The summed E-state index contributed by atoms with van der Waals surface area (Å²) >= 11 is 0. The van der Waals surface area contributed by atoms with Gasteiger partial charge in [0.1, 0.15) is 11.9 Å². The number of hydrogen-bond acceptors (Lipinski definition) is 3. The van der Waals surface area contributed by atoms with Crippen molar-refractivity contribution in [2.75, 3.05) is 39.3 Å². The fourth-order valence-electron chi connectivity index (χ4n) is 3.64. The van der Waals surface area contributed by atoms with Crippen molar-refractivity contribution in [3.05, 3.63) is 35.6 Å². The van der Waals surface area contributed by atoms with Crippen molar-refractivity contribution in [2.24, 2.45) is 0 Å². The van der Waals surface area contributed by atoms with Crippen LogP contribution in [0.5, 0.6) is 0 Å². The molecule has 0 spiro atoms. The van der Waals surface area contributed by atoms with Crippen LogP contribution < -0.4 is 10.6 Å². The van der Waals surface area contributed by atoms with Gasteiger partial charge in [-0.3, -0.25) is 4.79 Å². The molecule has 0 aromatic heterocycles. The van der Waals surface area contributed by atoms with Gasteiger partial charge in [0.15, 0.2) is 0 Å². The maximum Gasteiger partial charge on any atom is 0.318 e. The molecule has 0 saturated carbocycles. The van der Waals surface area contributed by atoms with Gasteiger partial charge in [0.25, 0.3) is 0 Å². The molecule has 0 aliphatic carbocycles. The van der Waals surface area contributed by atoms with E-state index >= 15 is 0 Å². The van der Waals surface area contributed by atoms with Gasteiger partial charge in [-0.25, -0.2) is 9.18 Å². The second-order valence-corrected chi connectivity index (χ2v) is 6.93. The Morgan fingerprint density at radius 1 is 1.12 bits per heavy atom. The zero-order valence-electron chi connectivity index (χ0n) is 15.0. The smallest absolute Gasteiger partial charge is 0.318 e. The van der Waals surface area contributed by atoms with Gasteiger partial charge in [0.2, 0.25) is 5.91 Å². The molecule has 2 N–H and O–H groups in total. The van der Waals surface area contributed by atoms with E-state index in [-0.39, 0.29) is 17.8 Å². The van der Waals surface area contributed by atoms with Crippen LogP contribution in [0.15, 0.2) is 24.3 Å². The normalized spacial score (nSPS) is 21.8. The number of nitrogens with zero attached hydrogens (tertiary/aromatic N) is 2. The number of urea groups is 1. The molecule has 0 radical (unpaired) electrons. The van der Waals surface area contributed by atoms with Crippen molar-refractivity contribution in [1.29, 1.82) is 0 Å². The molecule has 3 rings (SSSR count). The van der Waals surface area contributed by atoms with Crippen molar-refractivity contribution in [1.82, 2.24) is 20.4 Å². The molecule has 2 saturated heterocycles. The Bertz CT molecular complexity index is 614. The van der Waals surface area contributed by atoms with E-state index in [0.29, 0.717) is 25.2 Å². The number of carbonyl (C=O) groups excluding carboxylic acids is 2. The second kappa shape index (κ2) is 8.98. The van der Waals surface area contributed by atoms with E-state index in [1.165, 1.54) is 42.7 Å². The summed E-state index contributed by atoms with van der Waals surface area (Å²) in [6.45, 7) is 4.42. The number of amides is 3. The number of benzene rings is 1.